The number of carbonyl (C=O) groups excluding carboxylic acids is 1. The fourth-order valence-electron chi connectivity index (χ4n) is 2.03. The first kappa shape index (κ1) is 16.8. The third kappa shape index (κ3) is 5.62. The van der Waals surface area contributed by atoms with Gasteiger partial charge in [0.15, 0.2) is 0 Å². The number of halogens is 1. The van der Waals surface area contributed by atoms with Crippen LogP contribution in [-0.4, -0.2) is 19.2 Å². The summed E-state index contributed by atoms with van der Waals surface area (Å²) in [5.74, 6) is 0.447. The molecule has 122 valence electrons. The van der Waals surface area contributed by atoms with Crippen molar-refractivity contribution in [1.29, 1.82) is 0 Å². The second-order valence-electron chi connectivity index (χ2n) is 5.05. The molecule has 2 rings (SSSR count). The van der Waals surface area contributed by atoms with E-state index in [0.717, 1.165) is 12.2 Å². The minimum atomic E-state index is -0.349. The van der Waals surface area contributed by atoms with E-state index < -0.39 is 0 Å². The van der Waals surface area contributed by atoms with Crippen molar-refractivity contribution >= 4 is 6.03 Å². The van der Waals surface area contributed by atoms with Gasteiger partial charge in [-0.05, 0) is 30.2 Å². The Morgan fingerprint density at radius 3 is 2.52 bits per heavy atom. The summed E-state index contributed by atoms with van der Waals surface area (Å²) in [5, 5.41) is 5.28. The molecule has 0 fully saturated rings. The predicted octanol–water partition coefficient (Wildman–Crippen LogP) is 3.27. The van der Waals surface area contributed by atoms with E-state index in [1.807, 2.05) is 24.3 Å². The van der Waals surface area contributed by atoms with E-state index >= 15 is 0 Å². The van der Waals surface area contributed by atoms with Crippen molar-refractivity contribution < 1.29 is 13.9 Å². The molecule has 0 saturated heterocycles. The molecule has 2 amide bonds. The lowest BCUT2D eigenvalue weighted by Crippen LogP contribution is -2.37. The molecule has 0 radical (unpaired) electrons. The molecule has 5 heteroatoms. The van der Waals surface area contributed by atoms with Gasteiger partial charge >= 0.3 is 6.03 Å². The summed E-state index contributed by atoms with van der Waals surface area (Å²) in [6.07, 6.45) is 0.990. The van der Waals surface area contributed by atoms with Crippen molar-refractivity contribution in [2.45, 2.75) is 19.9 Å². The molecule has 23 heavy (non-hydrogen) atoms. The molecular weight excluding hydrogens is 295 g/mol. The SMILES string of the molecule is CCc1ccc(OCCNC(=O)NCc2ccccc2F)cc1. The second-order valence-corrected chi connectivity index (χ2v) is 5.05. The Labute approximate surface area is 135 Å². The largest absolute Gasteiger partial charge is 0.492 e. The van der Waals surface area contributed by atoms with Gasteiger partial charge in [-0.15, -0.1) is 0 Å². The van der Waals surface area contributed by atoms with E-state index in [0.29, 0.717) is 18.7 Å². The van der Waals surface area contributed by atoms with Gasteiger partial charge in [0.2, 0.25) is 0 Å². The van der Waals surface area contributed by atoms with Gasteiger partial charge in [0.25, 0.3) is 0 Å². The molecule has 2 aromatic carbocycles. The average Bonchev–Trinajstić information content (AvgIpc) is 2.58. The van der Waals surface area contributed by atoms with Crippen molar-refractivity contribution in [1.82, 2.24) is 10.6 Å². The van der Waals surface area contributed by atoms with Crippen LogP contribution in [0.15, 0.2) is 48.5 Å². The zero-order chi connectivity index (χ0) is 16.5. The Kier molecular flexibility index (Phi) is 6.41. The molecule has 0 bridgehead atoms. The number of nitrogens with one attached hydrogen (secondary N) is 2. The first-order valence-corrected chi connectivity index (χ1v) is 7.66. The van der Waals surface area contributed by atoms with Crippen LogP contribution in [0.1, 0.15) is 18.1 Å². The lowest BCUT2D eigenvalue weighted by atomic mass is 10.2. The van der Waals surface area contributed by atoms with Crippen molar-refractivity contribution in [3.63, 3.8) is 0 Å². The number of hydrogen-bond donors (Lipinski definition) is 2. The van der Waals surface area contributed by atoms with E-state index in [1.54, 1.807) is 18.2 Å². The maximum Gasteiger partial charge on any atom is 0.315 e. The van der Waals surface area contributed by atoms with Crippen LogP contribution in [0.5, 0.6) is 5.75 Å². The molecule has 0 aliphatic heterocycles. The minimum absolute atomic E-state index is 0.151. The fourth-order valence-corrected chi connectivity index (χ4v) is 2.03. The van der Waals surface area contributed by atoms with Crippen LogP contribution in [0.2, 0.25) is 0 Å². The van der Waals surface area contributed by atoms with Gasteiger partial charge in [-0.25, -0.2) is 9.18 Å². The van der Waals surface area contributed by atoms with Crippen molar-refractivity contribution in [2.24, 2.45) is 0 Å². The van der Waals surface area contributed by atoms with E-state index in [-0.39, 0.29) is 18.4 Å². The number of benzene rings is 2. The molecule has 0 heterocycles. The van der Waals surface area contributed by atoms with E-state index in [4.69, 9.17) is 4.74 Å². The highest BCUT2D eigenvalue weighted by Crippen LogP contribution is 2.12. The summed E-state index contributed by atoms with van der Waals surface area (Å²) in [7, 11) is 0. The highest BCUT2D eigenvalue weighted by Gasteiger charge is 2.03. The van der Waals surface area contributed by atoms with E-state index in [9.17, 15) is 9.18 Å². The zero-order valence-electron chi connectivity index (χ0n) is 13.1. The average molecular weight is 316 g/mol. The van der Waals surface area contributed by atoms with Crippen LogP contribution >= 0.6 is 0 Å². The molecule has 2 N–H and O–H groups in total. The third-order valence-electron chi connectivity index (χ3n) is 3.39. The zero-order valence-corrected chi connectivity index (χ0v) is 13.1. The maximum atomic E-state index is 13.4. The molecule has 2 aromatic rings. The lowest BCUT2D eigenvalue weighted by Gasteiger charge is -2.10. The number of aryl methyl sites for hydroxylation is 1. The quantitative estimate of drug-likeness (QED) is 0.770. The summed E-state index contributed by atoms with van der Waals surface area (Å²) < 4.78 is 18.9. The summed E-state index contributed by atoms with van der Waals surface area (Å²) in [6.45, 7) is 2.99. The molecule has 0 aliphatic rings. The Balaban J connectivity index is 1.63. The van der Waals surface area contributed by atoms with Gasteiger partial charge in [-0.3, -0.25) is 0 Å². The number of rotatable bonds is 7. The Morgan fingerprint density at radius 1 is 1.09 bits per heavy atom. The number of amides is 2. The molecule has 0 atom stereocenters. The number of carbonyl (C=O) groups is 1. The van der Waals surface area contributed by atoms with Gasteiger partial charge in [-0.2, -0.15) is 0 Å². The summed E-state index contributed by atoms with van der Waals surface area (Å²) >= 11 is 0. The van der Waals surface area contributed by atoms with Crippen LogP contribution in [0.3, 0.4) is 0 Å². The van der Waals surface area contributed by atoms with Crippen LogP contribution in [-0.2, 0) is 13.0 Å². The first-order chi connectivity index (χ1) is 11.2. The van der Waals surface area contributed by atoms with Gasteiger partial charge in [0.05, 0.1) is 6.54 Å². The second kappa shape index (κ2) is 8.78. The molecular formula is C18H21FN2O2. The standard InChI is InChI=1S/C18H21FN2O2/c1-2-14-7-9-16(10-8-14)23-12-11-20-18(22)21-13-15-5-3-4-6-17(15)19/h3-10H,2,11-13H2,1H3,(H2,20,21,22). The molecule has 0 saturated carbocycles. The Morgan fingerprint density at radius 2 is 1.83 bits per heavy atom. The number of hydrogen-bond acceptors (Lipinski definition) is 2. The normalized spacial score (nSPS) is 10.2. The minimum Gasteiger partial charge on any atom is -0.492 e. The van der Waals surface area contributed by atoms with Crippen LogP contribution in [0, 0.1) is 5.82 Å². The highest BCUT2D eigenvalue weighted by molar-refractivity contribution is 5.73. The third-order valence-corrected chi connectivity index (χ3v) is 3.39. The summed E-state index contributed by atoms with van der Waals surface area (Å²) in [6, 6.07) is 13.9. The molecule has 0 unspecified atom stereocenters. The Bertz CT molecular complexity index is 629. The topological polar surface area (TPSA) is 50.4 Å². The van der Waals surface area contributed by atoms with Crippen LogP contribution in [0.25, 0.3) is 0 Å². The van der Waals surface area contributed by atoms with Crippen LogP contribution in [0.4, 0.5) is 9.18 Å². The first-order valence-electron chi connectivity index (χ1n) is 7.66. The van der Waals surface area contributed by atoms with Crippen molar-refractivity contribution in [2.75, 3.05) is 13.2 Å². The predicted molar refractivity (Wildman–Crippen MR) is 88.0 cm³/mol. The molecule has 4 nitrogen and oxygen atoms in total. The van der Waals surface area contributed by atoms with Crippen molar-refractivity contribution in [3.05, 3.63) is 65.5 Å². The number of urea groups is 1. The van der Waals surface area contributed by atoms with E-state index in [1.165, 1.54) is 11.6 Å². The van der Waals surface area contributed by atoms with Gasteiger partial charge in [0.1, 0.15) is 18.2 Å². The maximum absolute atomic E-state index is 13.4. The highest BCUT2D eigenvalue weighted by atomic mass is 19.1. The molecule has 0 spiro atoms. The van der Waals surface area contributed by atoms with Gasteiger partial charge in [0, 0.05) is 12.1 Å². The van der Waals surface area contributed by atoms with E-state index in [2.05, 4.69) is 17.6 Å². The Hall–Kier alpha value is -2.56. The molecule has 0 aromatic heterocycles. The molecule has 0 aliphatic carbocycles. The smallest absolute Gasteiger partial charge is 0.315 e. The van der Waals surface area contributed by atoms with Gasteiger partial charge < -0.3 is 15.4 Å². The monoisotopic (exact) mass is 316 g/mol. The summed E-state index contributed by atoms with van der Waals surface area (Å²) in [5.41, 5.74) is 1.71. The van der Waals surface area contributed by atoms with Gasteiger partial charge in [-0.1, -0.05) is 37.3 Å². The number of ether oxygens (including phenoxy) is 1. The van der Waals surface area contributed by atoms with Crippen molar-refractivity contribution in [3.8, 4) is 5.75 Å². The summed E-state index contributed by atoms with van der Waals surface area (Å²) in [4.78, 5) is 11.6. The lowest BCUT2D eigenvalue weighted by molar-refractivity contribution is 0.236. The fraction of sp³-hybridized carbons (Fsp3) is 0.278. The van der Waals surface area contributed by atoms with Crippen LogP contribution < -0.4 is 15.4 Å².